The lowest BCUT2D eigenvalue weighted by Gasteiger charge is -2.39. The van der Waals surface area contributed by atoms with E-state index in [2.05, 4.69) is 19.9 Å². The first-order valence-electron chi connectivity index (χ1n) is 10.8. The van der Waals surface area contributed by atoms with Crippen LogP contribution in [-0.4, -0.2) is 64.2 Å². The molecule has 166 valence electrons. The number of ether oxygens (including phenoxy) is 2. The second-order valence-corrected chi connectivity index (χ2v) is 8.13. The number of nitrogens with zero attached hydrogens (tertiary/aromatic N) is 4. The van der Waals surface area contributed by atoms with Crippen LogP contribution >= 0.6 is 0 Å². The summed E-state index contributed by atoms with van der Waals surface area (Å²) in [7, 11) is 1.35. The Balaban J connectivity index is 1.26. The lowest BCUT2D eigenvalue weighted by molar-refractivity contribution is 0.0598. The van der Waals surface area contributed by atoms with Gasteiger partial charge in [0.1, 0.15) is 24.4 Å². The fraction of sp³-hybridized carbons (Fsp3) is 0.391. The van der Waals surface area contributed by atoms with Crippen molar-refractivity contribution in [3.8, 4) is 0 Å². The molecule has 3 aromatic rings. The van der Waals surface area contributed by atoms with E-state index in [0.717, 1.165) is 48.2 Å². The molecule has 0 aliphatic carbocycles. The third-order valence-corrected chi connectivity index (χ3v) is 6.39. The van der Waals surface area contributed by atoms with Gasteiger partial charge in [0, 0.05) is 19.3 Å². The molecule has 0 saturated carbocycles. The van der Waals surface area contributed by atoms with E-state index in [4.69, 9.17) is 9.47 Å². The number of carbonyl (C=O) groups excluding carboxylic acids is 2. The average molecular weight is 435 g/mol. The number of aromatic amines is 1. The van der Waals surface area contributed by atoms with Gasteiger partial charge in [-0.1, -0.05) is 12.1 Å². The Bertz CT molecular complexity index is 1130. The number of rotatable bonds is 4. The van der Waals surface area contributed by atoms with E-state index < -0.39 is 0 Å². The highest BCUT2D eigenvalue weighted by Crippen LogP contribution is 2.36. The Morgan fingerprint density at radius 2 is 1.94 bits per heavy atom. The quantitative estimate of drug-likeness (QED) is 0.629. The Kier molecular flexibility index (Phi) is 5.38. The standard InChI is InChI=1S/C23H25N5O4/c1-31-22(29)16-6-4-15(5-7-16)13-32-23(30)28-11-2-3-18-19(28)9-12-27(18)21-17-8-10-24-20(17)25-14-26-21/h4-8,10,14,18-19H,2-3,9,11-13H2,1H3,(H,24,25,26). The van der Waals surface area contributed by atoms with Crippen molar-refractivity contribution in [3.63, 3.8) is 0 Å². The van der Waals surface area contributed by atoms with Gasteiger partial charge in [0.2, 0.25) is 0 Å². The van der Waals surface area contributed by atoms with E-state index in [1.165, 1.54) is 7.11 Å². The Hall–Kier alpha value is -3.62. The van der Waals surface area contributed by atoms with Crippen LogP contribution in [0.2, 0.25) is 0 Å². The normalized spacial score (nSPS) is 20.3. The number of likely N-dealkylation sites (tertiary alicyclic amines) is 1. The zero-order valence-electron chi connectivity index (χ0n) is 17.9. The molecule has 9 nitrogen and oxygen atoms in total. The minimum absolute atomic E-state index is 0.0990. The van der Waals surface area contributed by atoms with Crippen LogP contribution in [0.5, 0.6) is 0 Å². The van der Waals surface area contributed by atoms with Crippen LogP contribution in [0, 0.1) is 0 Å². The highest BCUT2D eigenvalue weighted by atomic mass is 16.6. The lowest BCUT2D eigenvalue weighted by Crippen LogP contribution is -2.52. The predicted molar refractivity (Wildman–Crippen MR) is 117 cm³/mol. The van der Waals surface area contributed by atoms with Crippen molar-refractivity contribution in [2.75, 3.05) is 25.1 Å². The molecule has 2 unspecified atom stereocenters. The molecule has 4 heterocycles. The minimum atomic E-state index is -0.390. The van der Waals surface area contributed by atoms with Crippen molar-refractivity contribution in [3.05, 3.63) is 54.0 Å². The van der Waals surface area contributed by atoms with Gasteiger partial charge >= 0.3 is 12.1 Å². The van der Waals surface area contributed by atoms with Crippen LogP contribution in [0.15, 0.2) is 42.9 Å². The third kappa shape index (κ3) is 3.63. The summed E-state index contributed by atoms with van der Waals surface area (Å²) in [4.78, 5) is 40.7. The summed E-state index contributed by atoms with van der Waals surface area (Å²) in [6, 6.07) is 9.19. The third-order valence-electron chi connectivity index (χ3n) is 6.39. The summed E-state index contributed by atoms with van der Waals surface area (Å²) in [5.41, 5.74) is 2.11. The molecule has 0 spiro atoms. The topological polar surface area (TPSA) is 101 Å². The van der Waals surface area contributed by atoms with Crippen LogP contribution in [0.1, 0.15) is 35.2 Å². The smallest absolute Gasteiger partial charge is 0.410 e. The van der Waals surface area contributed by atoms with E-state index in [0.29, 0.717) is 12.1 Å². The number of nitrogens with one attached hydrogen (secondary N) is 1. The highest BCUT2D eigenvalue weighted by Gasteiger charge is 2.43. The van der Waals surface area contributed by atoms with Gasteiger partial charge in [0.15, 0.2) is 0 Å². The number of esters is 1. The molecule has 2 aromatic heterocycles. The van der Waals surface area contributed by atoms with Crippen molar-refractivity contribution >= 4 is 28.9 Å². The largest absolute Gasteiger partial charge is 0.465 e. The van der Waals surface area contributed by atoms with Gasteiger partial charge in [0.25, 0.3) is 0 Å². The second kappa shape index (κ2) is 8.49. The van der Waals surface area contributed by atoms with Crippen LogP contribution in [0.4, 0.5) is 10.6 Å². The first kappa shape index (κ1) is 20.3. The molecule has 2 aliphatic heterocycles. The molecule has 5 rings (SSSR count). The van der Waals surface area contributed by atoms with E-state index >= 15 is 0 Å². The van der Waals surface area contributed by atoms with Crippen LogP contribution in [-0.2, 0) is 16.1 Å². The highest BCUT2D eigenvalue weighted by molar-refractivity contribution is 5.89. The predicted octanol–water partition coefficient (Wildman–Crippen LogP) is 3.12. The second-order valence-electron chi connectivity index (χ2n) is 8.13. The van der Waals surface area contributed by atoms with Gasteiger partial charge in [-0.2, -0.15) is 0 Å². The minimum Gasteiger partial charge on any atom is -0.465 e. The number of fused-ring (bicyclic) bond motifs is 2. The molecule has 1 amide bonds. The number of hydrogen-bond donors (Lipinski definition) is 1. The summed E-state index contributed by atoms with van der Waals surface area (Å²) >= 11 is 0. The van der Waals surface area contributed by atoms with Crippen molar-refractivity contribution in [1.29, 1.82) is 0 Å². The van der Waals surface area contributed by atoms with E-state index in [-0.39, 0.29) is 30.8 Å². The maximum Gasteiger partial charge on any atom is 0.410 e. The van der Waals surface area contributed by atoms with Gasteiger partial charge < -0.3 is 24.3 Å². The van der Waals surface area contributed by atoms with Gasteiger partial charge in [-0.05, 0) is 43.0 Å². The molecule has 2 saturated heterocycles. The number of H-pyrrole nitrogens is 1. The number of piperidine rings is 1. The molecule has 2 fully saturated rings. The Labute approximate surface area is 185 Å². The number of carbonyl (C=O) groups is 2. The molecule has 2 aliphatic rings. The summed E-state index contributed by atoms with van der Waals surface area (Å²) in [5, 5.41) is 1.00. The first-order chi connectivity index (χ1) is 15.7. The molecule has 1 aromatic carbocycles. The van der Waals surface area contributed by atoms with Crippen molar-refractivity contribution in [2.24, 2.45) is 0 Å². The van der Waals surface area contributed by atoms with Crippen LogP contribution in [0.25, 0.3) is 11.0 Å². The van der Waals surface area contributed by atoms with Gasteiger partial charge in [-0.3, -0.25) is 0 Å². The number of aromatic nitrogens is 3. The zero-order valence-corrected chi connectivity index (χ0v) is 17.9. The molecule has 0 radical (unpaired) electrons. The number of anilines is 1. The molecule has 9 heteroatoms. The van der Waals surface area contributed by atoms with Crippen LogP contribution < -0.4 is 4.90 Å². The summed E-state index contributed by atoms with van der Waals surface area (Å²) in [6.07, 6.45) is 5.97. The SMILES string of the molecule is COC(=O)c1ccc(COC(=O)N2CCCC3C2CCN3c2ncnc3[nH]ccc23)cc1. The molecular formula is C23H25N5O4. The van der Waals surface area contributed by atoms with Crippen molar-refractivity contribution in [2.45, 2.75) is 38.0 Å². The number of methoxy groups -OCH3 is 1. The summed E-state index contributed by atoms with van der Waals surface area (Å²) in [6.45, 7) is 1.69. The fourth-order valence-corrected chi connectivity index (χ4v) is 4.85. The molecule has 2 atom stereocenters. The lowest BCUT2D eigenvalue weighted by atomic mass is 9.97. The molecule has 0 bridgehead atoms. The Morgan fingerprint density at radius 3 is 2.75 bits per heavy atom. The monoisotopic (exact) mass is 435 g/mol. The van der Waals surface area contributed by atoms with Crippen molar-refractivity contribution < 1.29 is 19.1 Å². The molecular weight excluding hydrogens is 410 g/mol. The van der Waals surface area contributed by atoms with Crippen LogP contribution in [0.3, 0.4) is 0 Å². The molecule has 32 heavy (non-hydrogen) atoms. The average Bonchev–Trinajstić information content (AvgIpc) is 3.49. The fourth-order valence-electron chi connectivity index (χ4n) is 4.85. The van der Waals surface area contributed by atoms with E-state index in [1.54, 1.807) is 30.6 Å². The zero-order chi connectivity index (χ0) is 22.1. The molecule has 1 N–H and O–H groups in total. The van der Waals surface area contributed by atoms with E-state index in [1.807, 2.05) is 17.2 Å². The number of amides is 1. The first-order valence-corrected chi connectivity index (χ1v) is 10.8. The Morgan fingerprint density at radius 1 is 1.09 bits per heavy atom. The number of benzene rings is 1. The van der Waals surface area contributed by atoms with Gasteiger partial charge in [-0.25, -0.2) is 19.6 Å². The summed E-state index contributed by atoms with van der Waals surface area (Å²) < 4.78 is 10.3. The van der Waals surface area contributed by atoms with Crippen molar-refractivity contribution in [1.82, 2.24) is 19.9 Å². The summed E-state index contributed by atoms with van der Waals surface area (Å²) in [5.74, 6) is 0.531. The maximum absolute atomic E-state index is 12.9. The number of hydrogen-bond acceptors (Lipinski definition) is 7. The van der Waals surface area contributed by atoms with Gasteiger partial charge in [-0.15, -0.1) is 0 Å². The van der Waals surface area contributed by atoms with Gasteiger partial charge in [0.05, 0.1) is 30.1 Å². The van der Waals surface area contributed by atoms with E-state index in [9.17, 15) is 9.59 Å². The maximum atomic E-state index is 12.9.